The number of anilines is 1. The first-order chi connectivity index (χ1) is 12.6. The highest BCUT2D eigenvalue weighted by atomic mass is 16.7. The molecule has 2 N–H and O–H groups in total. The Labute approximate surface area is 156 Å². The second-order valence-electron chi connectivity index (χ2n) is 7.38. The summed E-state index contributed by atoms with van der Waals surface area (Å²) in [6.45, 7) is 4.50. The van der Waals surface area contributed by atoms with Gasteiger partial charge in [-0.2, -0.15) is 0 Å². The Morgan fingerprint density at radius 3 is 2.42 bits per heavy atom. The highest BCUT2D eigenvalue weighted by Gasteiger charge is 2.21. The Kier molecular flexibility index (Phi) is 6.15. The maximum atomic E-state index is 5.97. The van der Waals surface area contributed by atoms with Crippen LogP contribution in [0.4, 0.5) is 5.69 Å². The molecule has 1 aromatic heterocycles. The molecule has 140 valence electrons. The summed E-state index contributed by atoms with van der Waals surface area (Å²) in [5.41, 5.74) is 12.7. The molecule has 4 nitrogen and oxygen atoms in total. The van der Waals surface area contributed by atoms with Crippen LogP contribution in [-0.4, -0.2) is 18.9 Å². The predicted octanol–water partition coefficient (Wildman–Crippen LogP) is 4.90. The van der Waals surface area contributed by atoms with Gasteiger partial charge in [-0.15, -0.1) is 0 Å². The van der Waals surface area contributed by atoms with Crippen LogP contribution in [-0.2, 0) is 11.2 Å². The van der Waals surface area contributed by atoms with Crippen molar-refractivity contribution in [3.63, 3.8) is 0 Å². The molecule has 2 aromatic rings. The minimum atomic E-state index is 0.261. The summed E-state index contributed by atoms with van der Waals surface area (Å²) >= 11 is 0. The lowest BCUT2D eigenvalue weighted by atomic mass is 9.86. The fourth-order valence-electron chi connectivity index (χ4n) is 4.00. The molecule has 0 bridgehead atoms. The van der Waals surface area contributed by atoms with E-state index < -0.39 is 0 Å². The van der Waals surface area contributed by atoms with Gasteiger partial charge in [0.1, 0.15) is 5.75 Å². The molecule has 1 aliphatic carbocycles. The third-order valence-corrected chi connectivity index (χ3v) is 5.34. The van der Waals surface area contributed by atoms with E-state index in [1.807, 2.05) is 12.1 Å². The van der Waals surface area contributed by atoms with Crippen LogP contribution in [0.15, 0.2) is 24.3 Å². The zero-order valence-corrected chi connectivity index (χ0v) is 16.2. The molecule has 3 rings (SSSR count). The van der Waals surface area contributed by atoms with Crippen molar-refractivity contribution in [2.24, 2.45) is 0 Å². The van der Waals surface area contributed by atoms with Gasteiger partial charge >= 0.3 is 0 Å². The van der Waals surface area contributed by atoms with Gasteiger partial charge in [-0.3, -0.25) is 4.98 Å². The average molecular weight is 354 g/mol. The molecule has 1 fully saturated rings. The molecule has 26 heavy (non-hydrogen) atoms. The van der Waals surface area contributed by atoms with E-state index in [0.29, 0.717) is 5.92 Å². The first-order valence-corrected chi connectivity index (χ1v) is 9.55. The second kappa shape index (κ2) is 8.54. The van der Waals surface area contributed by atoms with Crippen LogP contribution < -0.4 is 10.5 Å². The first kappa shape index (κ1) is 18.7. The quantitative estimate of drug-likeness (QED) is 0.592. The molecule has 1 aromatic carbocycles. The van der Waals surface area contributed by atoms with Crippen molar-refractivity contribution in [1.29, 1.82) is 0 Å². The van der Waals surface area contributed by atoms with Crippen LogP contribution in [0, 0.1) is 13.8 Å². The zero-order chi connectivity index (χ0) is 18.5. The van der Waals surface area contributed by atoms with Crippen molar-refractivity contribution in [2.75, 3.05) is 19.6 Å². The van der Waals surface area contributed by atoms with Crippen molar-refractivity contribution in [3.05, 3.63) is 52.3 Å². The SMILES string of the molecule is COCOc1ccc(Cc2c(C)cc(N)cc2C)nc1C1CCCCC1. The Bertz CT molecular complexity index is 729. The second-order valence-corrected chi connectivity index (χ2v) is 7.38. The van der Waals surface area contributed by atoms with E-state index in [4.69, 9.17) is 20.2 Å². The van der Waals surface area contributed by atoms with E-state index >= 15 is 0 Å². The monoisotopic (exact) mass is 354 g/mol. The molecule has 0 atom stereocenters. The molecule has 4 heteroatoms. The van der Waals surface area contributed by atoms with Crippen LogP contribution in [0.25, 0.3) is 0 Å². The van der Waals surface area contributed by atoms with Gasteiger partial charge in [-0.25, -0.2) is 0 Å². The standard InChI is InChI=1S/C22H30N2O2/c1-15-11-18(23)12-16(2)20(15)13-19-9-10-21(26-14-25-3)22(24-19)17-7-5-4-6-8-17/h9-12,17H,4-8,13-14,23H2,1-3H3. The normalized spacial score (nSPS) is 15.2. The van der Waals surface area contributed by atoms with Crippen molar-refractivity contribution in [1.82, 2.24) is 4.98 Å². The molecular formula is C22H30N2O2. The molecule has 1 aliphatic rings. The summed E-state index contributed by atoms with van der Waals surface area (Å²) in [6.07, 6.45) is 7.09. The zero-order valence-electron chi connectivity index (χ0n) is 16.2. The largest absolute Gasteiger partial charge is 0.466 e. The molecule has 1 saturated carbocycles. The van der Waals surface area contributed by atoms with Crippen molar-refractivity contribution < 1.29 is 9.47 Å². The highest BCUT2D eigenvalue weighted by molar-refractivity contribution is 5.50. The van der Waals surface area contributed by atoms with Gasteiger partial charge in [-0.1, -0.05) is 19.3 Å². The minimum absolute atomic E-state index is 0.261. The number of rotatable bonds is 6. The number of hydrogen-bond donors (Lipinski definition) is 1. The minimum Gasteiger partial charge on any atom is -0.466 e. The van der Waals surface area contributed by atoms with Crippen LogP contribution in [0.1, 0.15) is 66.1 Å². The lowest BCUT2D eigenvalue weighted by molar-refractivity contribution is 0.0496. The van der Waals surface area contributed by atoms with E-state index in [2.05, 4.69) is 26.0 Å². The summed E-state index contributed by atoms with van der Waals surface area (Å²) < 4.78 is 10.9. The van der Waals surface area contributed by atoms with E-state index in [1.165, 1.54) is 48.8 Å². The van der Waals surface area contributed by atoms with Crippen LogP contribution in [0.3, 0.4) is 0 Å². The van der Waals surface area contributed by atoms with Gasteiger partial charge < -0.3 is 15.2 Å². The van der Waals surface area contributed by atoms with Gasteiger partial charge in [0.25, 0.3) is 0 Å². The maximum absolute atomic E-state index is 5.97. The van der Waals surface area contributed by atoms with Gasteiger partial charge in [0, 0.05) is 30.8 Å². The smallest absolute Gasteiger partial charge is 0.188 e. The van der Waals surface area contributed by atoms with Crippen molar-refractivity contribution in [2.45, 2.75) is 58.3 Å². The summed E-state index contributed by atoms with van der Waals surface area (Å²) in [5, 5.41) is 0. The van der Waals surface area contributed by atoms with E-state index in [1.54, 1.807) is 7.11 Å². The molecule has 1 heterocycles. The predicted molar refractivity (Wildman–Crippen MR) is 106 cm³/mol. The maximum Gasteiger partial charge on any atom is 0.188 e. The highest BCUT2D eigenvalue weighted by Crippen LogP contribution is 2.36. The number of nitrogens with two attached hydrogens (primary N) is 1. The van der Waals surface area contributed by atoms with Crippen LogP contribution >= 0.6 is 0 Å². The number of aromatic nitrogens is 1. The lowest BCUT2D eigenvalue weighted by Gasteiger charge is -2.24. The van der Waals surface area contributed by atoms with Crippen LogP contribution in [0.5, 0.6) is 5.75 Å². The average Bonchev–Trinajstić information content (AvgIpc) is 2.64. The molecule has 0 saturated heterocycles. The number of pyridine rings is 1. The summed E-state index contributed by atoms with van der Waals surface area (Å²) in [6, 6.07) is 8.22. The van der Waals surface area contributed by atoms with E-state index in [-0.39, 0.29) is 6.79 Å². The number of hydrogen-bond acceptors (Lipinski definition) is 4. The Morgan fingerprint density at radius 2 is 1.77 bits per heavy atom. The molecule has 0 spiro atoms. The molecule has 0 amide bonds. The van der Waals surface area contributed by atoms with Crippen molar-refractivity contribution in [3.8, 4) is 5.75 Å². The fourth-order valence-corrected chi connectivity index (χ4v) is 4.00. The number of nitrogen functional groups attached to an aromatic ring is 1. The molecular weight excluding hydrogens is 324 g/mol. The van der Waals surface area contributed by atoms with Gasteiger partial charge in [0.2, 0.25) is 0 Å². The summed E-state index contributed by atoms with van der Waals surface area (Å²) in [5.74, 6) is 1.36. The van der Waals surface area contributed by atoms with Crippen molar-refractivity contribution >= 4 is 5.69 Å². The Balaban J connectivity index is 1.90. The molecule has 0 unspecified atom stereocenters. The Hall–Kier alpha value is -2.07. The first-order valence-electron chi connectivity index (χ1n) is 9.55. The lowest BCUT2D eigenvalue weighted by Crippen LogP contribution is -2.12. The van der Waals surface area contributed by atoms with Gasteiger partial charge in [-0.05, 0) is 67.6 Å². The van der Waals surface area contributed by atoms with Gasteiger partial charge in [0.05, 0.1) is 5.69 Å². The summed E-state index contributed by atoms with van der Waals surface area (Å²) in [7, 11) is 1.65. The number of ether oxygens (including phenoxy) is 2. The number of methoxy groups -OCH3 is 1. The van der Waals surface area contributed by atoms with E-state index in [9.17, 15) is 0 Å². The van der Waals surface area contributed by atoms with Crippen LogP contribution in [0.2, 0.25) is 0 Å². The number of nitrogens with zero attached hydrogens (tertiary/aromatic N) is 1. The number of benzene rings is 1. The van der Waals surface area contributed by atoms with Gasteiger partial charge in [0.15, 0.2) is 6.79 Å². The third kappa shape index (κ3) is 4.36. The Morgan fingerprint density at radius 1 is 1.08 bits per heavy atom. The molecule has 0 radical (unpaired) electrons. The summed E-state index contributed by atoms with van der Waals surface area (Å²) in [4.78, 5) is 5.04. The third-order valence-electron chi connectivity index (χ3n) is 5.34. The number of aryl methyl sites for hydroxylation is 2. The van der Waals surface area contributed by atoms with E-state index in [0.717, 1.165) is 29.2 Å². The molecule has 0 aliphatic heterocycles. The topological polar surface area (TPSA) is 57.4 Å². The fraction of sp³-hybridized carbons (Fsp3) is 0.500.